The van der Waals surface area contributed by atoms with Gasteiger partial charge in [-0.3, -0.25) is 0 Å². The maximum Gasteiger partial charge on any atom is 0.419 e. The number of thioether (sulfide) groups is 2. The zero-order chi connectivity index (χ0) is 52.2. The molecule has 0 radical (unpaired) electrons. The number of aliphatic hydroxyl groups excluding tert-OH is 1. The number of nitrogens with zero attached hydrogens (tertiary/aromatic N) is 12. The van der Waals surface area contributed by atoms with E-state index in [-0.39, 0.29) is 35.7 Å². The molecule has 2 saturated heterocycles. The molecule has 0 saturated carbocycles. The van der Waals surface area contributed by atoms with Gasteiger partial charge >= 0.3 is 12.4 Å². The van der Waals surface area contributed by atoms with E-state index < -0.39 is 23.5 Å². The van der Waals surface area contributed by atoms with Gasteiger partial charge in [-0.2, -0.15) is 26.3 Å². The highest BCUT2D eigenvalue weighted by Gasteiger charge is 2.34. The van der Waals surface area contributed by atoms with Gasteiger partial charge in [0.2, 0.25) is 26.3 Å². The molecule has 27 heteroatoms. The van der Waals surface area contributed by atoms with Crippen molar-refractivity contribution in [2.75, 3.05) is 48.5 Å². The normalized spacial score (nSPS) is 15.8. The highest BCUT2D eigenvalue weighted by atomic mass is 35.5. The Morgan fingerprint density at radius 3 is 1.47 bits per heavy atom. The largest absolute Gasteiger partial charge is 0.466 e. The van der Waals surface area contributed by atoms with Crippen LogP contribution in [-0.4, -0.2) is 105 Å². The summed E-state index contributed by atoms with van der Waals surface area (Å²) in [7, 11) is 0. The zero-order valence-electron chi connectivity index (χ0n) is 39.2. The molecule has 10 rings (SSSR count). The van der Waals surface area contributed by atoms with Gasteiger partial charge in [0.25, 0.3) is 5.19 Å². The van der Waals surface area contributed by atoms with Crippen molar-refractivity contribution >= 4 is 79.6 Å². The fourth-order valence-electron chi connectivity index (χ4n) is 7.99. The molecule has 6 aromatic heterocycles. The molecular weight excluding hydrogens is 1070 g/mol. The molecule has 0 aliphatic carbocycles. The van der Waals surface area contributed by atoms with E-state index in [2.05, 4.69) is 40.1 Å². The number of rotatable bonds is 10. The van der Waals surface area contributed by atoms with Crippen LogP contribution in [-0.2, 0) is 12.4 Å². The van der Waals surface area contributed by atoms with Crippen molar-refractivity contribution in [1.82, 2.24) is 49.1 Å². The van der Waals surface area contributed by atoms with Crippen molar-refractivity contribution < 1.29 is 45.0 Å². The van der Waals surface area contributed by atoms with Crippen molar-refractivity contribution in [1.29, 1.82) is 0 Å². The van der Waals surface area contributed by atoms with Gasteiger partial charge in [0.1, 0.15) is 17.7 Å². The van der Waals surface area contributed by atoms with Gasteiger partial charge in [-0.25, -0.2) is 47.7 Å². The molecule has 2 aromatic carbocycles. The van der Waals surface area contributed by atoms with E-state index in [1.54, 1.807) is 40.5 Å². The lowest BCUT2D eigenvalue weighted by Crippen LogP contribution is -2.39. The lowest BCUT2D eigenvalue weighted by Gasteiger charge is -2.34. The highest BCUT2D eigenvalue weighted by molar-refractivity contribution is 7.98. The Morgan fingerprint density at radius 2 is 1.08 bits per heavy atom. The molecule has 2 aliphatic rings. The van der Waals surface area contributed by atoms with Gasteiger partial charge in [0.15, 0.2) is 0 Å². The number of hydrogen-bond acceptors (Lipinski definition) is 16. The molecule has 0 unspecified atom stereocenters. The summed E-state index contributed by atoms with van der Waals surface area (Å²) in [5.74, 6) is 0.491. The smallest absolute Gasteiger partial charge is 0.419 e. The minimum Gasteiger partial charge on any atom is -0.466 e. The third kappa shape index (κ3) is 13.3. The van der Waals surface area contributed by atoms with Gasteiger partial charge in [-0.1, -0.05) is 11.3 Å². The average Bonchev–Trinajstić information content (AvgIpc) is 4.14. The molecule has 2 aliphatic heterocycles. The molecule has 2 fully saturated rings. The quantitative estimate of drug-likeness (QED) is 0.102. The number of aliphatic hydroxyl groups is 1. The summed E-state index contributed by atoms with van der Waals surface area (Å²) < 4.78 is 113. The third-order valence-electron chi connectivity index (χ3n) is 12.2. The topological polar surface area (TPSA) is 148 Å². The summed E-state index contributed by atoms with van der Waals surface area (Å²) in [4.78, 5) is 30.9. The van der Waals surface area contributed by atoms with Crippen molar-refractivity contribution in [2.45, 2.75) is 73.9 Å². The van der Waals surface area contributed by atoms with E-state index in [1.807, 2.05) is 41.4 Å². The summed E-state index contributed by atoms with van der Waals surface area (Å²) in [6.45, 7) is 6.29. The Kier molecular flexibility index (Phi) is 17.0. The SMILES string of the molecule is CSc1ccc(-c2cn3nc(Cl)sc3n2)c(F)c1.CSc1ccc(-c2cn3nc(O[C@@H](C)C4CCN(c5ncc(C(F)(F)F)cn5)CC4)sc3n2)c(F)c1.C[C@H](O)C1CCN(c2ncc(C(F)(F)F)cn2)CC1. The predicted molar refractivity (Wildman–Crippen MR) is 267 cm³/mol. The van der Waals surface area contributed by atoms with E-state index in [9.17, 15) is 40.2 Å². The Hall–Kier alpha value is -5.41. The van der Waals surface area contributed by atoms with E-state index in [4.69, 9.17) is 16.3 Å². The summed E-state index contributed by atoms with van der Waals surface area (Å²) in [5.41, 5.74) is 0.275. The van der Waals surface area contributed by atoms with E-state index >= 15 is 0 Å². The minimum absolute atomic E-state index is 0.118. The maximum absolute atomic E-state index is 14.5. The van der Waals surface area contributed by atoms with Crippen molar-refractivity contribution in [2.24, 2.45) is 11.8 Å². The van der Waals surface area contributed by atoms with Gasteiger partial charge < -0.3 is 19.6 Å². The molecule has 14 nitrogen and oxygen atoms in total. The third-order valence-corrected chi connectivity index (χ3v) is 15.4. The second kappa shape index (κ2) is 23.0. The number of piperidine rings is 2. The van der Waals surface area contributed by atoms with E-state index in [0.29, 0.717) is 80.2 Å². The number of hydrogen-bond donors (Lipinski definition) is 1. The van der Waals surface area contributed by atoms with Crippen LogP contribution in [0.1, 0.15) is 50.7 Å². The summed E-state index contributed by atoms with van der Waals surface area (Å²) in [6.07, 6.45) is 4.24. The van der Waals surface area contributed by atoms with Crippen LogP contribution >= 0.6 is 57.8 Å². The summed E-state index contributed by atoms with van der Waals surface area (Å²) in [5, 5.41) is 18.4. The first-order valence-corrected chi connectivity index (χ1v) is 26.9. The number of aromatic nitrogens is 10. The van der Waals surface area contributed by atoms with Crippen LogP contribution in [0.3, 0.4) is 0 Å². The van der Waals surface area contributed by atoms with E-state index in [1.165, 1.54) is 58.3 Å². The zero-order valence-corrected chi connectivity index (χ0v) is 43.2. The van der Waals surface area contributed by atoms with Crippen LogP contribution in [0.5, 0.6) is 5.19 Å². The predicted octanol–water partition coefficient (Wildman–Crippen LogP) is 11.9. The maximum atomic E-state index is 14.5. The molecule has 388 valence electrons. The standard InChI is InChI=1S/C23H22F4N6OS2.C12H16F3N3O.C11H7ClFN3S2/c1-13(14-5-7-32(8-6-14)20-28-10-15(11-29-20)23(25,26)27)34-22-31-33-12-19(30-21(33)36-22)17-4-3-16(35-2)9-18(17)24;1-8(19)9-2-4-18(5-3-9)11-16-6-10(7-17-11)12(13,14)15;1-17-6-2-3-7(8(13)4-6)9-5-16-11(14-9)18-10(12)15-16/h3-4,9-14H,5-8H2,1-2H3;6-9,19H,2-5H2,1H3;2-5H,1H3/t13-;8-;/m00./s1. The first-order chi connectivity index (χ1) is 34.8. The number of ether oxygens (including phenoxy) is 1. The minimum atomic E-state index is -4.45. The molecule has 8 heterocycles. The van der Waals surface area contributed by atoms with Gasteiger partial charge in [0, 0.05) is 71.9 Å². The number of alkyl halides is 6. The number of benzene rings is 2. The van der Waals surface area contributed by atoms with Gasteiger partial charge in [0.05, 0.1) is 41.0 Å². The van der Waals surface area contributed by atoms with Crippen LogP contribution < -0.4 is 14.5 Å². The van der Waals surface area contributed by atoms with Crippen molar-refractivity contribution in [3.8, 4) is 27.7 Å². The fourth-order valence-corrected chi connectivity index (χ4v) is 10.6. The Morgan fingerprint density at radius 1 is 0.658 bits per heavy atom. The summed E-state index contributed by atoms with van der Waals surface area (Å²) >= 11 is 11.3. The molecule has 0 bridgehead atoms. The molecule has 73 heavy (non-hydrogen) atoms. The van der Waals surface area contributed by atoms with E-state index in [0.717, 1.165) is 60.3 Å². The molecule has 0 spiro atoms. The lowest BCUT2D eigenvalue weighted by molar-refractivity contribution is -0.138. The van der Waals surface area contributed by atoms with Crippen molar-refractivity contribution in [3.63, 3.8) is 0 Å². The highest BCUT2D eigenvalue weighted by Crippen LogP contribution is 2.34. The number of fused-ring (bicyclic) bond motifs is 2. The molecular formula is C46H45ClF8N12O2S4. The Balaban J connectivity index is 0.000000161. The number of anilines is 2. The molecule has 1 N–H and O–H groups in total. The first-order valence-electron chi connectivity index (χ1n) is 22.4. The monoisotopic (exact) mass is 1110 g/mol. The average molecular weight is 1110 g/mol. The first kappa shape index (κ1) is 53.9. The molecule has 8 aromatic rings. The second-order valence-electron chi connectivity index (χ2n) is 16.9. The lowest BCUT2D eigenvalue weighted by atomic mass is 9.92. The van der Waals surface area contributed by atoms with Crippen LogP contribution in [0.25, 0.3) is 32.4 Å². The Bertz CT molecular complexity index is 3040. The second-order valence-corrected chi connectivity index (χ2v) is 21.1. The van der Waals surface area contributed by atoms with Crippen LogP contribution in [0.4, 0.5) is 47.0 Å². The number of halogens is 9. The Labute approximate surface area is 434 Å². The van der Waals surface area contributed by atoms with Crippen LogP contribution in [0.2, 0.25) is 4.47 Å². The van der Waals surface area contributed by atoms with Crippen molar-refractivity contribution in [3.05, 3.63) is 101 Å². The van der Waals surface area contributed by atoms with Gasteiger partial charge in [-0.15, -0.1) is 33.7 Å². The van der Waals surface area contributed by atoms with Gasteiger partial charge in [-0.05, 0) is 123 Å². The van der Waals surface area contributed by atoms with Crippen LogP contribution in [0.15, 0.2) is 83.4 Å². The fraction of sp³-hybridized carbons (Fsp3) is 0.391. The molecule has 2 atom stereocenters. The number of imidazole rings is 2. The summed E-state index contributed by atoms with van der Waals surface area (Å²) in [6, 6.07) is 10.2. The molecule has 0 amide bonds. The van der Waals surface area contributed by atoms with Crippen LogP contribution in [0, 0.1) is 23.5 Å².